The van der Waals surface area contributed by atoms with Gasteiger partial charge in [-0.05, 0) is 49.1 Å². The van der Waals surface area contributed by atoms with Crippen LogP contribution in [0.1, 0.15) is 32.3 Å². The molecule has 0 bridgehead atoms. The molecule has 0 saturated carbocycles. The number of carbonyl (C=O) groups is 2. The Morgan fingerprint density at radius 3 is 2.09 bits per heavy atom. The van der Waals surface area contributed by atoms with Crippen molar-refractivity contribution in [2.45, 2.75) is 44.0 Å². The summed E-state index contributed by atoms with van der Waals surface area (Å²) in [7, 11) is 1.30. The molecule has 1 atom stereocenters. The normalized spacial score (nSPS) is 11.7. The van der Waals surface area contributed by atoms with Crippen LogP contribution in [0.3, 0.4) is 0 Å². The van der Waals surface area contributed by atoms with Crippen LogP contribution in [0.4, 0.5) is 5.69 Å². The van der Waals surface area contributed by atoms with Gasteiger partial charge in [0.05, 0.1) is 39.0 Å². The van der Waals surface area contributed by atoms with E-state index in [9.17, 15) is 18.0 Å². The highest BCUT2D eigenvalue weighted by molar-refractivity contribution is 7.92. The van der Waals surface area contributed by atoms with Crippen LogP contribution in [-0.4, -0.2) is 79.2 Å². The molecular weight excluding hydrogens is 598 g/mol. The van der Waals surface area contributed by atoms with Gasteiger partial charge in [-0.15, -0.1) is 0 Å². The van der Waals surface area contributed by atoms with Crippen molar-refractivity contribution in [1.82, 2.24) is 10.2 Å². The Morgan fingerprint density at radius 1 is 0.822 bits per heavy atom. The molecule has 0 aliphatic carbocycles. The first-order valence-electron chi connectivity index (χ1n) is 14.7. The zero-order chi connectivity index (χ0) is 33.0. The van der Waals surface area contributed by atoms with E-state index < -0.39 is 28.5 Å². The van der Waals surface area contributed by atoms with Crippen LogP contribution in [0, 0.1) is 0 Å². The molecule has 0 saturated heterocycles. The third-order valence-corrected chi connectivity index (χ3v) is 9.05. The summed E-state index contributed by atoms with van der Waals surface area (Å²) in [5, 5.41) is 2.89. The van der Waals surface area contributed by atoms with Gasteiger partial charge in [-0.2, -0.15) is 0 Å². The summed E-state index contributed by atoms with van der Waals surface area (Å²) < 4.78 is 51.4. The Kier molecular flexibility index (Phi) is 12.9. The predicted molar refractivity (Wildman–Crippen MR) is 173 cm³/mol. The molecular formula is C33H43N3O8S. The molecule has 0 aromatic heterocycles. The second-order valence-corrected chi connectivity index (χ2v) is 12.0. The molecule has 3 aromatic carbocycles. The maximum atomic E-state index is 14.4. The predicted octanol–water partition coefficient (Wildman–Crippen LogP) is 4.29. The van der Waals surface area contributed by atoms with Gasteiger partial charge in [-0.25, -0.2) is 8.42 Å². The molecule has 0 aliphatic heterocycles. The Bertz CT molecular complexity index is 1530. The van der Waals surface area contributed by atoms with Crippen LogP contribution >= 0.6 is 0 Å². The topological polar surface area (TPSA) is 124 Å². The lowest BCUT2D eigenvalue weighted by Gasteiger charge is -2.33. The maximum absolute atomic E-state index is 14.4. The van der Waals surface area contributed by atoms with Crippen molar-refractivity contribution in [3.63, 3.8) is 0 Å². The number of nitrogens with one attached hydrogen (secondary N) is 1. The number of rotatable bonds is 17. The lowest BCUT2D eigenvalue weighted by atomic mass is 10.1. The van der Waals surface area contributed by atoms with Gasteiger partial charge in [0.2, 0.25) is 11.8 Å². The first-order chi connectivity index (χ1) is 21.6. The van der Waals surface area contributed by atoms with E-state index in [-0.39, 0.29) is 34.5 Å². The van der Waals surface area contributed by atoms with Gasteiger partial charge in [0.25, 0.3) is 10.0 Å². The van der Waals surface area contributed by atoms with Crippen LogP contribution in [0.15, 0.2) is 71.6 Å². The van der Waals surface area contributed by atoms with Crippen LogP contribution in [0.2, 0.25) is 0 Å². The van der Waals surface area contributed by atoms with Gasteiger partial charge in [0, 0.05) is 25.2 Å². The minimum Gasteiger partial charge on any atom is -0.497 e. The number of sulfonamides is 1. The first-order valence-corrected chi connectivity index (χ1v) is 16.2. The van der Waals surface area contributed by atoms with Crippen molar-refractivity contribution in [3.8, 4) is 23.0 Å². The SMILES string of the molecule is CCCNC(=O)[C@@H](CC)N(CCc1ccccc1)C(=O)CN(c1cc(OC)ccc1OC)S(=O)(=O)c1ccc(OC)c(OC)c1. The summed E-state index contributed by atoms with van der Waals surface area (Å²) in [6.45, 7) is 3.80. The molecule has 0 spiro atoms. The summed E-state index contributed by atoms with van der Waals surface area (Å²) in [6.07, 6.45) is 1.53. The van der Waals surface area contributed by atoms with Crippen molar-refractivity contribution < 1.29 is 37.0 Å². The van der Waals surface area contributed by atoms with Crippen molar-refractivity contribution in [2.24, 2.45) is 0 Å². The molecule has 0 radical (unpaired) electrons. The van der Waals surface area contributed by atoms with E-state index in [0.717, 1.165) is 16.3 Å². The second kappa shape index (κ2) is 16.6. The third-order valence-electron chi connectivity index (χ3n) is 7.30. The summed E-state index contributed by atoms with van der Waals surface area (Å²) in [5.74, 6) is 0.250. The Morgan fingerprint density at radius 2 is 1.49 bits per heavy atom. The van der Waals surface area contributed by atoms with E-state index in [1.165, 1.54) is 57.6 Å². The molecule has 11 nitrogen and oxygen atoms in total. The minimum absolute atomic E-state index is 0.0893. The third kappa shape index (κ3) is 8.59. The molecule has 45 heavy (non-hydrogen) atoms. The lowest BCUT2D eigenvalue weighted by Crippen LogP contribution is -2.53. The van der Waals surface area contributed by atoms with Gasteiger partial charge in [0.1, 0.15) is 24.1 Å². The summed E-state index contributed by atoms with van der Waals surface area (Å²) in [6, 6.07) is 17.6. The molecule has 3 aromatic rings. The molecule has 0 aliphatic rings. The van der Waals surface area contributed by atoms with E-state index in [1.54, 1.807) is 12.1 Å². The highest BCUT2D eigenvalue weighted by Gasteiger charge is 2.35. The van der Waals surface area contributed by atoms with Crippen LogP contribution in [0.5, 0.6) is 23.0 Å². The zero-order valence-corrected chi connectivity index (χ0v) is 27.6. The number of nitrogens with zero attached hydrogens (tertiary/aromatic N) is 2. The highest BCUT2D eigenvalue weighted by atomic mass is 32.2. The van der Waals surface area contributed by atoms with Crippen molar-refractivity contribution in [2.75, 3.05) is 52.4 Å². The van der Waals surface area contributed by atoms with Gasteiger partial charge < -0.3 is 29.2 Å². The van der Waals surface area contributed by atoms with E-state index >= 15 is 0 Å². The first kappa shape index (κ1) is 35.0. The van der Waals surface area contributed by atoms with Gasteiger partial charge in [-0.1, -0.05) is 44.2 Å². The monoisotopic (exact) mass is 641 g/mol. The number of hydrogen-bond acceptors (Lipinski definition) is 8. The molecule has 3 rings (SSSR count). The molecule has 1 N–H and O–H groups in total. The Balaban J connectivity index is 2.14. The smallest absolute Gasteiger partial charge is 0.265 e. The Hall–Kier alpha value is -4.45. The Labute approximate surface area is 266 Å². The maximum Gasteiger partial charge on any atom is 0.265 e. The fourth-order valence-corrected chi connectivity index (χ4v) is 6.30. The van der Waals surface area contributed by atoms with Crippen molar-refractivity contribution in [1.29, 1.82) is 0 Å². The molecule has 244 valence electrons. The average molecular weight is 642 g/mol. The fourth-order valence-electron chi connectivity index (χ4n) is 4.87. The van der Waals surface area contributed by atoms with E-state index in [1.807, 2.05) is 44.2 Å². The second-order valence-electron chi connectivity index (χ2n) is 10.1. The van der Waals surface area contributed by atoms with E-state index in [2.05, 4.69) is 5.32 Å². The molecule has 2 amide bonds. The fraction of sp³-hybridized carbons (Fsp3) is 0.394. The molecule has 0 unspecified atom stereocenters. The average Bonchev–Trinajstić information content (AvgIpc) is 3.07. The molecule has 0 fully saturated rings. The number of anilines is 1. The van der Waals surface area contributed by atoms with Crippen molar-refractivity contribution >= 4 is 27.5 Å². The van der Waals surface area contributed by atoms with Gasteiger partial charge >= 0.3 is 0 Å². The van der Waals surface area contributed by atoms with E-state index in [0.29, 0.717) is 30.9 Å². The number of carbonyl (C=O) groups excluding carboxylic acids is 2. The molecule has 0 heterocycles. The molecule has 12 heteroatoms. The number of ether oxygens (including phenoxy) is 4. The van der Waals surface area contributed by atoms with Gasteiger partial charge in [-0.3, -0.25) is 13.9 Å². The van der Waals surface area contributed by atoms with Crippen LogP contribution in [-0.2, 0) is 26.0 Å². The number of hydrogen-bond donors (Lipinski definition) is 1. The highest BCUT2D eigenvalue weighted by Crippen LogP contribution is 2.37. The van der Waals surface area contributed by atoms with Crippen molar-refractivity contribution in [3.05, 3.63) is 72.3 Å². The minimum atomic E-state index is -4.42. The quantitative estimate of drug-likeness (QED) is 0.232. The van der Waals surface area contributed by atoms with E-state index in [4.69, 9.17) is 18.9 Å². The van der Waals surface area contributed by atoms with Crippen LogP contribution in [0.25, 0.3) is 0 Å². The standard InChI is InChI=1S/C33H43N3O8S/c1-7-19-34-33(38)27(8-2)35(20-18-24-12-10-9-11-13-24)32(37)23-36(28-21-25(41-3)14-16-29(28)42-4)45(39,40)26-15-17-30(43-5)31(22-26)44-6/h9-17,21-22,27H,7-8,18-20,23H2,1-6H3,(H,34,38)/t27-/m1/s1. The lowest BCUT2D eigenvalue weighted by molar-refractivity contribution is -0.139. The number of methoxy groups -OCH3 is 4. The largest absolute Gasteiger partial charge is 0.497 e. The summed E-state index contributed by atoms with van der Waals surface area (Å²) >= 11 is 0. The van der Waals surface area contributed by atoms with Crippen LogP contribution < -0.4 is 28.6 Å². The number of amides is 2. The van der Waals surface area contributed by atoms with Gasteiger partial charge in [0.15, 0.2) is 11.5 Å². The summed E-state index contributed by atoms with van der Waals surface area (Å²) in [4.78, 5) is 28.9. The summed E-state index contributed by atoms with van der Waals surface area (Å²) in [5.41, 5.74) is 1.06. The number of benzene rings is 3. The zero-order valence-electron chi connectivity index (χ0n) is 26.7.